The molecule has 0 aliphatic heterocycles. The number of amides is 1. The lowest BCUT2D eigenvalue weighted by Gasteiger charge is -2.12. The van der Waals surface area contributed by atoms with Gasteiger partial charge in [-0.05, 0) is 49.2 Å². The highest BCUT2D eigenvalue weighted by molar-refractivity contribution is 5.93. The van der Waals surface area contributed by atoms with Gasteiger partial charge in [0.1, 0.15) is 12.4 Å². The summed E-state index contributed by atoms with van der Waals surface area (Å²) in [6.45, 7) is 5.84. The maximum absolute atomic E-state index is 11.9. The van der Waals surface area contributed by atoms with Gasteiger partial charge in [-0.15, -0.1) is 12.4 Å². The van der Waals surface area contributed by atoms with Crippen molar-refractivity contribution >= 4 is 24.0 Å². The number of anilines is 1. The second kappa shape index (κ2) is 11.5. The second-order valence-electron chi connectivity index (χ2n) is 5.83. The van der Waals surface area contributed by atoms with E-state index in [4.69, 9.17) is 4.74 Å². The summed E-state index contributed by atoms with van der Waals surface area (Å²) in [6.07, 6.45) is 2.21. The van der Waals surface area contributed by atoms with Gasteiger partial charge in [0.2, 0.25) is 5.91 Å². The minimum Gasteiger partial charge on any atom is -0.489 e. The number of hydrogen-bond acceptors (Lipinski definition) is 3. The van der Waals surface area contributed by atoms with Gasteiger partial charge < -0.3 is 15.4 Å². The van der Waals surface area contributed by atoms with Gasteiger partial charge in [-0.1, -0.05) is 43.7 Å². The molecule has 0 aliphatic rings. The number of halogens is 1. The Morgan fingerprint density at radius 1 is 1.12 bits per heavy atom. The van der Waals surface area contributed by atoms with E-state index in [0.29, 0.717) is 13.2 Å². The Kier molecular flexibility index (Phi) is 9.66. The number of hydrogen-bond donors (Lipinski definition) is 2. The summed E-state index contributed by atoms with van der Waals surface area (Å²) in [5.74, 6) is 0.780. The SMILES string of the molecule is CCCCNCC(=O)Nc1ccc(OCc2ccccc2)cc1C.Cl. The van der Waals surface area contributed by atoms with Crippen LogP contribution in [0, 0.1) is 6.92 Å². The van der Waals surface area contributed by atoms with E-state index in [-0.39, 0.29) is 18.3 Å². The zero-order valence-electron chi connectivity index (χ0n) is 14.9. The van der Waals surface area contributed by atoms with Crippen LogP contribution in [-0.4, -0.2) is 19.0 Å². The number of nitrogens with one attached hydrogen (secondary N) is 2. The first kappa shape index (κ1) is 21.0. The molecular formula is C20H27ClN2O2. The molecule has 0 fully saturated rings. The number of rotatable bonds is 9. The van der Waals surface area contributed by atoms with Gasteiger partial charge in [-0.25, -0.2) is 0 Å². The van der Waals surface area contributed by atoms with Gasteiger partial charge >= 0.3 is 0 Å². The Bertz CT molecular complexity index is 647. The molecule has 5 heteroatoms. The first-order valence-electron chi connectivity index (χ1n) is 8.47. The molecule has 2 aromatic carbocycles. The van der Waals surface area contributed by atoms with Crippen molar-refractivity contribution in [2.45, 2.75) is 33.3 Å². The normalized spacial score (nSPS) is 10.0. The number of carbonyl (C=O) groups is 1. The van der Waals surface area contributed by atoms with E-state index in [0.717, 1.165) is 42.0 Å². The minimum atomic E-state index is -0.0212. The van der Waals surface area contributed by atoms with Gasteiger partial charge in [0.05, 0.1) is 6.54 Å². The molecule has 2 rings (SSSR count). The summed E-state index contributed by atoms with van der Waals surface area (Å²) in [5.41, 5.74) is 2.94. The average Bonchev–Trinajstić information content (AvgIpc) is 2.60. The summed E-state index contributed by atoms with van der Waals surface area (Å²) in [7, 11) is 0. The molecule has 0 unspecified atom stereocenters. The van der Waals surface area contributed by atoms with E-state index in [2.05, 4.69) is 17.6 Å². The molecule has 4 nitrogen and oxygen atoms in total. The Morgan fingerprint density at radius 3 is 2.56 bits per heavy atom. The number of aryl methyl sites for hydroxylation is 1. The molecule has 0 spiro atoms. The van der Waals surface area contributed by atoms with E-state index in [9.17, 15) is 4.79 Å². The van der Waals surface area contributed by atoms with Crippen LogP contribution in [0.4, 0.5) is 5.69 Å². The maximum atomic E-state index is 11.9. The topological polar surface area (TPSA) is 50.4 Å². The van der Waals surface area contributed by atoms with Crippen LogP contribution >= 0.6 is 12.4 Å². The Morgan fingerprint density at radius 2 is 1.88 bits per heavy atom. The molecule has 136 valence electrons. The molecule has 0 atom stereocenters. The van der Waals surface area contributed by atoms with E-state index in [1.807, 2.05) is 55.5 Å². The van der Waals surface area contributed by atoms with Crippen LogP contribution < -0.4 is 15.4 Å². The van der Waals surface area contributed by atoms with Crippen LogP contribution in [0.3, 0.4) is 0 Å². The molecule has 0 aromatic heterocycles. The highest BCUT2D eigenvalue weighted by atomic mass is 35.5. The summed E-state index contributed by atoms with van der Waals surface area (Å²) in [6, 6.07) is 15.8. The number of unbranched alkanes of at least 4 members (excludes halogenated alkanes) is 1. The van der Waals surface area contributed by atoms with Crippen LogP contribution in [0.25, 0.3) is 0 Å². The lowest BCUT2D eigenvalue weighted by atomic mass is 10.2. The fourth-order valence-electron chi connectivity index (χ4n) is 2.31. The molecule has 2 aromatic rings. The predicted molar refractivity (Wildman–Crippen MR) is 106 cm³/mol. The van der Waals surface area contributed by atoms with Crippen LogP contribution in [-0.2, 0) is 11.4 Å². The molecule has 1 amide bonds. The Balaban J connectivity index is 0.00000312. The lowest BCUT2D eigenvalue weighted by Crippen LogP contribution is -2.28. The summed E-state index contributed by atoms with van der Waals surface area (Å²) >= 11 is 0. The zero-order valence-corrected chi connectivity index (χ0v) is 15.7. The van der Waals surface area contributed by atoms with Crippen molar-refractivity contribution in [2.75, 3.05) is 18.4 Å². The lowest BCUT2D eigenvalue weighted by molar-refractivity contribution is -0.115. The monoisotopic (exact) mass is 362 g/mol. The largest absolute Gasteiger partial charge is 0.489 e. The molecular weight excluding hydrogens is 336 g/mol. The quantitative estimate of drug-likeness (QED) is 0.653. The smallest absolute Gasteiger partial charge is 0.238 e. The second-order valence-corrected chi connectivity index (χ2v) is 5.83. The van der Waals surface area contributed by atoms with E-state index in [1.54, 1.807) is 0 Å². The van der Waals surface area contributed by atoms with Gasteiger partial charge in [0.25, 0.3) is 0 Å². The third kappa shape index (κ3) is 7.59. The highest BCUT2D eigenvalue weighted by Crippen LogP contribution is 2.22. The van der Waals surface area contributed by atoms with Crippen molar-refractivity contribution in [2.24, 2.45) is 0 Å². The number of benzene rings is 2. The van der Waals surface area contributed by atoms with Crippen molar-refractivity contribution < 1.29 is 9.53 Å². The zero-order chi connectivity index (χ0) is 17.2. The first-order chi connectivity index (χ1) is 11.7. The van der Waals surface area contributed by atoms with E-state index >= 15 is 0 Å². The number of carbonyl (C=O) groups excluding carboxylic acids is 1. The van der Waals surface area contributed by atoms with Crippen LogP contribution in [0.2, 0.25) is 0 Å². The molecule has 0 saturated heterocycles. The third-order valence-corrected chi connectivity index (χ3v) is 3.71. The highest BCUT2D eigenvalue weighted by Gasteiger charge is 2.06. The van der Waals surface area contributed by atoms with Crippen LogP contribution in [0.1, 0.15) is 30.9 Å². The molecule has 0 saturated carbocycles. The Hall–Kier alpha value is -2.04. The van der Waals surface area contributed by atoms with Crippen LogP contribution in [0.15, 0.2) is 48.5 Å². The average molecular weight is 363 g/mol. The van der Waals surface area contributed by atoms with Gasteiger partial charge in [-0.2, -0.15) is 0 Å². The van der Waals surface area contributed by atoms with Gasteiger partial charge in [0.15, 0.2) is 0 Å². The van der Waals surface area contributed by atoms with Crippen molar-refractivity contribution in [3.8, 4) is 5.75 Å². The summed E-state index contributed by atoms with van der Waals surface area (Å²) < 4.78 is 5.80. The summed E-state index contributed by atoms with van der Waals surface area (Å²) in [4.78, 5) is 11.9. The molecule has 0 aliphatic carbocycles. The van der Waals surface area contributed by atoms with Crippen molar-refractivity contribution in [3.05, 3.63) is 59.7 Å². The molecule has 0 heterocycles. The standard InChI is InChI=1S/C20H26N2O2.ClH/c1-3-4-12-21-14-20(23)22-19-11-10-18(13-16(19)2)24-15-17-8-6-5-7-9-17;/h5-11,13,21H,3-4,12,14-15H2,1-2H3,(H,22,23);1H. The van der Waals surface area contributed by atoms with Crippen LogP contribution in [0.5, 0.6) is 5.75 Å². The van der Waals surface area contributed by atoms with Crippen molar-refractivity contribution in [3.63, 3.8) is 0 Å². The first-order valence-corrected chi connectivity index (χ1v) is 8.47. The Labute approximate surface area is 156 Å². The fourth-order valence-corrected chi connectivity index (χ4v) is 2.31. The molecule has 0 bridgehead atoms. The minimum absolute atomic E-state index is 0. The fraction of sp³-hybridized carbons (Fsp3) is 0.350. The van der Waals surface area contributed by atoms with E-state index < -0.39 is 0 Å². The maximum Gasteiger partial charge on any atom is 0.238 e. The molecule has 0 radical (unpaired) electrons. The number of ether oxygens (including phenoxy) is 1. The van der Waals surface area contributed by atoms with Gasteiger partial charge in [0, 0.05) is 5.69 Å². The summed E-state index contributed by atoms with van der Waals surface area (Å²) in [5, 5.41) is 6.07. The van der Waals surface area contributed by atoms with Crippen molar-refractivity contribution in [1.29, 1.82) is 0 Å². The third-order valence-electron chi connectivity index (χ3n) is 3.71. The van der Waals surface area contributed by atoms with Crippen molar-refractivity contribution in [1.82, 2.24) is 5.32 Å². The van der Waals surface area contributed by atoms with E-state index in [1.165, 1.54) is 0 Å². The predicted octanol–water partition coefficient (Wildman–Crippen LogP) is 4.32. The van der Waals surface area contributed by atoms with Gasteiger partial charge in [-0.3, -0.25) is 4.79 Å². The molecule has 25 heavy (non-hydrogen) atoms. The molecule has 2 N–H and O–H groups in total.